The van der Waals surface area contributed by atoms with Gasteiger partial charge in [-0.05, 0) is 67.6 Å². The minimum atomic E-state index is -3.16. The maximum Gasteiger partial charge on any atom is 0.227 e. The Morgan fingerprint density at radius 2 is 1.64 bits per heavy atom. The third kappa shape index (κ3) is 3.43. The predicted octanol–water partition coefficient (Wildman–Crippen LogP) is 4.83. The summed E-state index contributed by atoms with van der Waals surface area (Å²) in [7, 11) is -3.16. The summed E-state index contributed by atoms with van der Waals surface area (Å²) in [5.41, 5.74) is 1.49. The molecule has 5 nitrogen and oxygen atoms in total. The van der Waals surface area contributed by atoms with Crippen molar-refractivity contribution in [2.45, 2.75) is 74.1 Å². The highest BCUT2D eigenvalue weighted by molar-refractivity contribution is 7.90. The van der Waals surface area contributed by atoms with Crippen molar-refractivity contribution in [1.82, 2.24) is 4.98 Å². The van der Waals surface area contributed by atoms with Gasteiger partial charge in [0.1, 0.15) is 0 Å². The molecule has 3 aliphatic carbocycles. The fourth-order valence-electron chi connectivity index (χ4n) is 4.84. The second kappa shape index (κ2) is 6.73. The summed E-state index contributed by atoms with van der Waals surface area (Å²) in [6.45, 7) is 4.14. The van der Waals surface area contributed by atoms with Crippen molar-refractivity contribution in [2.75, 3.05) is 11.6 Å². The number of nitrogens with zero attached hydrogens (tertiary/aromatic N) is 1. The van der Waals surface area contributed by atoms with Crippen molar-refractivity contribution in [3.8, 4) is 5.88 Å². The largest absolute Gasteiger partial charge is 0.492 e. The summed E-state index contributed by atoms with van der Waals surface area (Å²) in [6, 6.07) is 7.52. The SMILES string of the molecule is CC(C)c1sc(NC23CCC(c4ccc(S(C)(=O)=O)cc4)(CC2)CC3)nc1O. The standard InChI is InChI=1S/C21H28N2O3S2/c1-14(2)17-18(24)22-19(27-17)23-21-11-8-20(9-12-21,10-13-21)15-4-6-16(7-5-15)28(3,25)26/h4-7,14,24H,8-13H2,1-3H3,(H,22,23). The summed E-state index contributed by atoms with van der Waals surface area (Å²) in [5.74, 6) is 0.427. The van der Waals surface area contributed by atoms with Gasteiger partial charge in [-0.2, -0.15) is 4.98 Å². The van der Waals surface area contributed by atoms with Crippen LogP contribution in [0.3, 0.4) is 0 Å². The molecule has 3 fully saturated rings. The van der Waals surface area contributed by atoms with Gasteiger partial charge in [-0.15, -0.1) is 0 Å². The number of aromatic nitrogens is 1. The number of aromatic hydroxyl groups is 1. The molecule has 2 bridgehead atoms. The number of benzene rings is 1. The van der Waals surface area contributed by atoms with Crippen LogP contribution in [-0.4, -0.2) is 30.3 Å². The summed E-state index contributed by atoms with van der Waals surface area (Å²) < 4.78 is 23.5. The molecule has 0 spiro atoms. The minimum Gasteiger partial charge on any atom is -0.492 e. The van der Waals surface area contributed by atoms with Crippen molar-refractivity contribution in [2.24, 2.45) is 0 Å². The number of nitrogens with one attached hydrogen (secondary N) is 1. The van der Waals surface area contributed by atoms with Crippen molar-refractivity contribution < 1.29 is 13.5 Å². The molecule has 0 aliphatic heterocycles. The van der Waals surface area contributed by atoms with Gasteiger partial charge in [0.25, 0.3) is 0 Å². The van der Waals surface area contributed by atoms with Crippen LogP contribution in [0.25, 0.3) is 0 Å². The van der Waals surface area contributed by atoms with Crippen LogP contribution in [0.5, 0.6) is 5.88 Å². The maximum atomic E-state index is 11.7. The van der Waals surface area contributed by atoms with Crippen molar-refractivity contribution >= 4 is 26.3 Å². The van der Waals surface area contributed by atoms with E-state index in [0.717, 1.165) is 48.5 Å². The molecule has 3 aliphatic rings. The van der Waals surface area contributed by atoms with Crippen LogP contribution in [0.1, 0.15) is 68.7 Å². The quantitative estimate of drug-likeness (QED) is 0.724. The van der Waals surface area contributed by atoms with E-state index in [4.69, 9.17) is 0 Å². The first-order valence-corrected chi connectivity index (χ1v) is 12.6. The zero-order chi connectivity index (χ0) is 20.2. The molecule has 1 aromatic heterocycles. The smallest absolute Gasteiger partial charge is 0.227 e. The van der Waals surface area contributed by atoms with Gasteiger partial charge in [-0.3, -0.25) is 0 Å². The third-order valence-electron chi connectivity index (χ3n) is 6.67. The molecular weight excluding hydrogens is 392 g/mol. The Labute approximate surface area is 171 Å². The van der Waals surface area contributed by atoms with Gasteiger partial charge in [0.05, 0.1) is 9.77 Å². The highest BCUT2D eigenvalue weighted by Crippen LogP contribution is 2.55. The molecule has 2 aromatic rings. The molecule has 0 unspecified atom stereocenters. The van der Waals surface area contributed by atoms with E-state index in [9.17, 15) is 13.5 Å². The van der Waals surface area contributed by atoms with Crippen LogP contribution in [-0.2, 0) is 15.3 Å². The van der Waals surface area contributed by atoms with E-state index < -0.39 is 9.84 Å². The number of sulfone groups is 1. The van der Waals surface area contributed by atoms with Crippen molar-refractivity contribution in [1.29, 1.82) is 0 Å². The first-order chi connectivity index (χ1) is 13.1. The van der Waals surface area contributed by atoms with Gasteiger partial charge >= 0.3 is 0 Å². The van der Waals surface area contributed by atoms with Crippen molar-refractivity contribution in [3.63, 3.8) is 0 Å². The van der Waals surface area contributed by atoms with Gasteiger partial charge in [0.15, 0.2) is 15.0 Å². The molecule has 0 amide bonds. The molecule has 3 saturated carbocycles. The van der Waals surface area contributed by atoms with Crippen LogP contribution in [0.15, 0.2) is 29.2 Å². The minimum absolute atomic E-state index is 0.0625. The Morgan fingerprint density at radius 3 is 2.11 bits per heavy atom. The Balaban J connectivity index is 1.50. The molecule has 5 rings (SSSR count). The van der Waals surface area contributed by atoms with Gasteiger partial charge in [0.2, 0.25) is 5.88 Å². The van der Waals surface area contributed by atoms with E-state index in [1.807, 2.05) is 12.1 Å². The fourth-order valence-corrected chi connectivity index (χ4v) is 6.45. The van der Waals surface area contributed by atoms with E-state index in [-0.39, 0.29) is 22.8 Å². The van der Waals surface area contributed by atoms with E-state index in [0.29, 0.717) is 4.90 Å². The van der Waals surface area contributed by atoms with Gasteiger partial charge in [0, 0.05) is 11.8 Å². The summed E-state index contributed by atoms with van der Waals surface area (Å²) in [4.78, 5) is 5.68. The molecule has 1 aromatic carbocycles. The molecule has 28 heavy (non-hydrogen) atoms. The van der Waals surface area contributed by atoms with E-state index in [2.05, 4.69) is 24.1 Å². The molecule has 1 heterocycles. The summed E-state index contributed by atoms with van der Waals surface area (Å²) in [5, 5.41) is 14.6. The van der Waals surface area contributed by atoms with Gasteiger partial charge in [-0.25, -0.2) is 8.42 Å². The summed E-state index contributed by atoms with van der Waals surface area (Å²) in [6.07, 6.45) is 7.73. The third-order valence-corrected chi connectivity index (χ3v) is 9.06. The van der Waals surface area contributed by atoms with Gasteiger partial charge in [-0.1, -0.05) is 37.3 Å². The summed E-state index contributed by atoms with van der Waals surface area (Å²) >= 11 is 1.56. The normalized spacial score (nSPS) is 27.3. The fraction of sp³-hybridized carbons (Fsp3) is 0.571. The average Bonchev–Trinajstić information content (AvgIpc) is 3.02. The predicted molar refractivity (Wildman–Crippen MR) is 113 cm³/mol. The molecule has 0 saturated heterocycles. The Hall–Kier alpha value is -1.60. The average molecular weight is 421 g/mol. The number of fused-ring (bicyclic) bond motifs is 3. The van der Waals surface area contributed by atoms with Crippen molar-refractivity contribution in [3.05, 3.63) is 34.7 Å². The second-order valence-electron chi connectivity index (χ2n) is 8.84. The lowest BCUT2D eigenvalue weighted by molar-refractivity contribution is 0.121. The van der Waals surface area contributed by atoms with Crippen LogP contribution in [0.2, 0.25) is 0 Å². The molecule has 7 heteroatoms. The number of hydrogen-bond donors (Lipinski definition) is 2. The van der Waals surface area contributed by atoms with Crippen LogP contribution in [0, 0.1) is 0 Å². The number of hydrogen-bond acceptors (Lipinski definition) is 6. The van der Waals surface area contributed by atoms with E-state index in [1.54, 1.807) is 23.5 Å². The topological polar surface area (TPSA) is 79.3 Å². The highest BCUT2D eigenvalue weighted by atomic mass is 32.2. The van der Waals surface area contributed by atoms with E-state index in [1.165, 1.54) is 11.8 Å². The number of anilines is 1. The van der Waals surface area contributed by atoms with E-state index >= 15 is 0 Å². The molecule has 0 atom stereocenters. The number of rotatable bonds is 5. The Kier molecular flexibility index (Phi) is 4.74. The first-order valence-electron chi connectivity index (χ1n) is 9.91. The van der Waals surface area contributed by atoms with Crippen LogP contribution >= 0.6 is 11.3 Å². The Bertz CT molecular complexity index is 953. The Morgan fingerprint density at radius 1 is 1.07 bits per heavy atom. The highest BCUT2D eigenvalue weighted by Gasteiger charge is 2.49. The first kappa shape index (κ1) is 19.7. The number of thiazole rings is 1. The molecule has 152 valence electrons. The second-order valence-corrected chi connectivity index (χ2v) is 11.9. The maximum absolute atomic E-state index is 11.7. The molecular formula is C21H28N2O3S2. The van der Waals surface area contributed by atoms with Gasteiger partial charge < -0.3 is 10.4 Å². The lowest BCUT2D eigenvalue weighted by atomic mass is 9.55. The zero-order valence-electron chi connectivity index (χ0n) is 16.7. The van der Waals surface area contributed by atoms with Crippen LogP contribution < -0.4 is 5.32 Å². The zero-order valence-corrected chi connectivity index (χ0v) is 18.3. The monoisotopic (exact) mass is 420 g/mol. The molecule has 2 N–H and O–H groups in total. The molecule has 0 radical (unpaired) electrons. The lowest BCUT2D eigenvalue weighted by Crippen LogP contribution is -2.52. The lowest BCUT2D eigenvalue weighted by Gasteiger charge is -2.54. The van der Waals surface area contributed by atoms with Crippen LogP contribution in [0.4, 0.5) is 5.13 Å².